The maximum absolute atomic E-state index is 2.19. The molecule has 0 radical (unpaired) electrons. The maximum atomic E-state index is 2.19. The first-order valence-electron chi connectivity index (χ1n) is 3.08. The molecule has 0 saturated heterocycles. The third kappa shape index (κ3) is 1.87. The monoisotopic (exact) mass is 182 g/mol. The van der Waals surface area contributed by atoms with Gasteiger partial charge in [0.1, 0.15) is 0 Å². The number of aryl methyl sites for hydroxylation is 1. The molecule has 0 aliphatic carbocycles. The van der Waals surface area contributed by atoms with Crippen molar-refractivity contribution < 1.29 is 0 Å². The Balaban J connectivity index is 2.88. The summed E-state index contributed by atoms with van der Waals surface area (Å²) < 4.78 is 0. The van der Waals surface area contributed by atoms with Gasteiger partial charge in [-0.1, -0.05) is 0 Å². The van der Waals surface area contributed by atoms with Crippen LogP contribution >= 0.6 is 0 Å². The summed E-state index contributed by atoms with van der Waals surface area (Å²) in [6, 6.07) is 8.71. The van der Waals surface area contributed by atoms with E-state index in [1.54, 1.807) is 16.9 Å². The molecule has 0 bridgehead atoms. The standard InChI is InChI=1S/C8H11As/c1-7-2-4-8(6-9)5-3-7/h2-5H,6,9H2,1H3. The van der Waals surface area contributed by atoms with Gasteiger partial charge in [-0.25, -0.2) is 0 Å². The van der Waals surface area contributed by atoms with Crippen LogP contribution in [0.5, 0.6) is 0 Å². The zero-order valence-electron chi connectivity index (χ0n) is 5.59. The fraction of sp³-hybridized carbons (Fsp3) is 0.250. The van der Waals surface area contributed by atoms with E-state index in [9.17, 15) is 0 Å². The summed E-state index contributed by atoms with van der Waals surface area (Å²) in [6.07, 6.45) is 0. The quantitative estimate of drug-likeness (QED) is 0.571. The van der Waals surface area contributed by atoms with Gasteiger partial charge in [-0.15, -0.1) is 0 Å². The third-order valence-electron chi connectivity index (χ3n) is 1.36. The van der Waals surface area contributed by atoms with Crippen molar-refractivity contribution in [1.29, 1.82) is 0 Å². The Morgan fingerprint density at radius 3 is 2.22 bits per heavy atom. The predicted octanol–water partition coefficient (Wildman–Crippen LogP) is 1.13. The van der Waals surface area contributed by atoms with Crippen LogP contribution in [0.15, 0.2) is 24.3 Å². The Hall–Kier alpha value is -0.222. The number of rotatable bonds is 1. The molecular weight excluding hydrogens is 171 g/mol. The molecular formula is C8H11As. The molecule has 0 amide bonds. The molecule has 0 aromatic heterocycles. The van der Waals surface area contributed by atoms with Gasteiger partial charge in [0.05, 0.1) is 0 Å². The van der Waals surface area contributed by atoms with Crippen LogP contribution in [-0.4, -0.2) is 16.9 Å². The topological polar surface area (TPSA) is 0 Å². The summed E-state index contributed by atoms with van der Waals surface area (Å²) >= 11 is 1.77. The molecule has 1 heteroatoms. The van der Waals surface area contributed by atoms with Gasteiger partial charge in [0, 0.05) is 0 Å². The molecule has 0 aliphatic rings. The molecule has 0 aliphatic heterocycles. The first-order chi connectivity index (χ1) is 4.33. The minimum atomic E-state index is 1.20. The summed E-state index contributed by atoms with van der Waals surface area (Å²) in [5.41, 5.74) is 2.79. The molecule has 0 saturated carbocycles. The number of hydrogen-bond acceptors (Lipinski definition) is 0. The van der Waals surface area contributed by atoms with E-state index in [1.807, 2.05) is 0 Å². The summed E-state index contributed by atoms with van der Waals surface area (Å²) in [5, 5.41) is 1.20. The first kappa shape index (κ1) is 6.89. The van der Waals surface area contributed by atoms with Gasteiger partial charge < -0.3 is 0 Å². The van der Waals surface area contributed by atoms with Crippen molar-refractivity contribution in [3.05, 3.63) is 35.4 Å². The fourth-order valence-electron chi connectivity index (χ4n) is 0.724. The molecule has 0 nitrogen and oxygen atoms in total. The van der Waals surface area contributed by atoms with Crippen LogP contribution in [0.3, 0.4) is 0 Å². The predicted molar refractivity (Wildman–Crippen MR) is 43.4 cm³/mol. The van der Waals surface area contributed by atoms with Crippen LogP contribution in [0.4, 0.5) is 0 Å². The van der Waals surface area contributed by atoms with Gasteiger partial charge in [0.2, 0.25) is 0 Å². The van der Waals surface area contributed by atoms with Crippen molar-refractivity contribution in [2.45, 2.75) is 12.1 Å². The van der Waals surface area contributed by atoms with Crippen molar-refractivity contribution in [3.8, 4) is 0 Å². The van der Waals surface area contributed by atoms with E-state index in [4.69, 9.17) is 0 Å². The number of hydrogen-bond donors (Lipinski definition) is 0. The van der Waals surface area contributed by atoms with Gasteiger partial charge >= 0.3 is 64.4 Å². The van der Waals surface area contributed by atoms with Crippen LogP contribution < -0.4 is 0 Å². The van der Waals surface area contributed by atoms with Gasteiger partial charge in [0.25, 0.3) is 0 Å². The second-order valence-corrected chi connectivity index (χ2v) is 3.05. The van der Waals surface area contributed by atoms with E-state index in [2.05, 4.69) is 31.2 Å². The zero-order valence-corrected chi connectivity index (χ0v) is 8.02. The summed E-state index contributed by atoms with van der Waals surface area (Å²) in [6.45, 7) is 2.12. The molecule has 1 aromatic rings. The van der Waals surface area contributed by atoms with Crippen LogP contribution in [-0.2, 0) is 5.21 Å². The molecule has 0 spiro atoms. The van der Waals surface area contributed by atoms with Gasteiger partial charge in [-0.2, -0.15) is 0 Å². The van der Waals surface area contributed by atoms with Crippen LogP contribution in [0.2, 0.25) is 0 Å². The molecule has 0 heterocycles. The molecule has 48 valence electrons. The summed E-state index contributed by atoms with van der Waals surface area (Å²) in [5.74, 6) is 0. The van der Waals surface area contributed by atoms with Crippen LogP contribution in [0.1, 0.15) is 11.1 Å². The van der Waals surface area contributed by atoms with E-state index < -0.39 is 0 Å². The van der Waals surface area contributed by atoms with Crippen molar-refractivity contribution >= 4 is 16.9 Å². The van der Waals surface area contributed by atoms with E-state index >= 15 is 0 Å². The number of benzene rings is 1. The second kappa shape index (κ2) is 3.08. The summed E-state index contributed by atoms with van der Waals surface area (Å²) in [7, 11) is 0. The molecule has 1 rings (SSSR count). The molecule has 0 fully saturated rings. The van der Waals surface area contributed by atoms with Crippen molar-refractivity contribution in [2.75, 3.05) is 0 Å². The Kier molecular flexibility index (Phi) is 2.36. The Labute approximate surface area is 64.8 Å². The zero-order chi connectivity index (χ0) is 6.69. The van der Waals surface area contributed by atoms with E-state index in [0.29, 0.717) is 0 Å². The van der Waals surface area contributed by atoms with Gasteiger partial charge in [0.15, 0.2) is 0 Å². The summed E-state index contributed by atoms with van der Waals surface area (Å²) in [4.78, 5) is 0. The average molecular weight is 182 g/mol. The van der Waals surface area contributed by atoms with E-state index in [1.165, 1.54) is 16.3 Å². The molecule has 1 atom stereocenters. The Morgan fingerprint density at radius 1 is 1.22 bits per heavy atom. The molecule has 1 unspecified atom stereocenters. The molecule has 9 heavy (non-hydrogen) atoms. The van der Waals surface area contributed by atoms with Crippen molar-refractivity contribution in [2.24, 2.45) is 0 Å². The minimum absolute atomic E-state index is 1.20. The first-order valence-corrected chi connectivity index (χ1v) is 4.80. The van der Waals surface area contributed by atoms with Crippen LogP contribution in [0, 0.1) is 6.92 Å². The van der Waals surface area contributed by atoms with Gasteiger partial charge in [-0.05, 0) is 0 Å². The van der Waals surface area contributed by atoms with Crippen molar-refractivity contribution in [1.82, 2.24) is 0 Å². The van der Waals surface area contributed by atoms with Gasteiger partial charge in [-0.3, -0.25) is 0 Å². The fourth-order valence-corrected chi connectivity index (χ4v) is 1.30. The second-order valence-electron chi connectivity index (χ2n) is 2.19. The van der Waals surface area contributed by atoms with E-state index in [0.717, 1.165) is 0 Å². The molecule has 1 aromatic carbocycles. The third-order valence-corrected chi connectivity index (χ3v) is 2.35. The normalized spacial score (nSPS) is 9.56. The van der Waals surface area contributed by atoms with Crippen LogP contribution in [0.25, 0.3) is 0 Å². The SMILES string of the molecule is Cc1ccc(C[AsH2])cc1. The average Bonchev–Trinajstić information content (AvgIpc) is 1.90. The van der Waals surface area contributed by atoms with E-state index in [-0.39, 0.29) is 0 Å². The Morgan fingerprint density at radius 2 is 1.78 bits per heavy atom. The Bertz CT molecular complexity index is 176. The molecule has 0 N–H and O–H groups in total. The van der Waals surface area contributed by atoms with Crippen molar-refractivity contribution in [3.63, 3.8) is 0 Å².